The average Bonchev–Trinajstić information content (AvgIpc) is 2.71. The molecule has 30 heavy (non-hydrogen) atoms. The van der Waals surface area contributed by atoms with Crippen molar-refractivity contribution in [1.82, 2.24) is 4.90 Å². The molecule has 1 aromatic rings. The molecule has 1 heterocycles. The Labute approximate surface area is 171 Å². The first-order valence-corrected chi connectivity index (χ1v) is 9.17. The molecule has 0 fully saturated rings. The van der Waals surface area contributed by atoms with E-state index in [1.807, 2.05) is 0 Å². The quantitative estimate of drug-likeness (QED) is 0.490. The molecule has 2 rings (SSSR count). The third kappa shape index (κ3) is 6.06. The first-order valence-electron chi connectivity index (χ1n) is 9.17. The standard InChI is InChI=1S/C20H22F3NO6/c1-3-30-18(26)10-17(25)24(16-12-29-9-8-15(16)19(27)28-2)11-13-4-6-14(7-5-13)20(21,22)23/h4-7H,3,8-12H2,1-2H3. The lowest BCUT2D eigenvalue weighted by molar-refractivity contribution is -0.148. The second kappa shape index (κ2) is 10.2. The number of methoxy groups -OCH3 is 1. The van der Waals surface area contributed by atoms with Crippen molar-refractivity contribution in [2.75, 3.05) is 26.9 Å². The summed E-state index contributed by atoms with van der Waals surface area (Å²) in [5.74, 6) is -2.07. The molecule has 1 amide bonds. The van der Waals surface area contributed by atoms with Crippen LogP contribution in [-0.2, 0) is 41.3 Å². The number of nitrogens with zero attached hydrogens (tertiary/aromatic N) is 1. The minimum atomic E-state index is -4.49. The summed E-state index contributed by atoms with van der Waals surface area (Å²) in [6, 6.07) is 4.26. The van der Waals surface area contributed by atoms with E-state index in [1.165, 1.54) is 19.2 Å². The Hall–Kier alpha value is -2.88. The van der Waals surface area contributed by atoms with E-state index in [4.69, 9.17) is 14.2 Å². The van der Waals surface area contributed by atoms with Crippen LogP contribution in [0.2, 0.25) is 0 Å². The molecule has 0 saturated heterocycles. The van der Waals surface area contributed by atoms with Gasteiger partial charge in [-0.05, 0) is 24.6 Å². The summed E-state index contributed by atoms with van der Waals surface area (Å²) in [5, 5.41) is 0. The second-order valence-corrected chi connectivity index (χ2v) is 6.38. The Morgan fingerprint density at radius 3 is 2.40 bits per heavy atom. The topological polar surface area (TPSA) is 82.1 Å². The molecular weight excluding hydrogens is 407 g/mol. The first kappa shape index (κ1) is 23.4. The van der Waals surface area contributed by atoms with Crippen LogP contribution in [0.1, 0.15) is 30.9 Å². The van der Waals surface area contributed by atoms with Gasteiger partial charge >= 0.3 is 18.1 Å². The van der Waals surface area contributed by atoms with Crippen molar-refractivity contribution < 1.29 is 41.8 Å². The number of rotatable bonds is 7. The van der Waals surface area contributed by atoms with Gasteiger partial charge in [-0.15, -0.1) is 0 Å². The summed E-state index contributed by atoms with van der Waals surface area (Å²) >= 11 is 0. The molecule has 1 aliphatic rings. The summed E-state index contributed by atoms with van der Waals surface area (Å²) < 4.78 is 53.3. The number of amides is 1. The fourth-order valence-corrected chi connectivity index (χ4v) is 2.91. The van der Waals surface area contributed by atoms with E-state index in [0.717, 1.165) is 17.0 Å². The third-order valence-corrected chi connectivity index (χ3v) is 4.37. The van der Waals surface area contributed by atoms with Crippen LogP contribution in [-0.4, -0.2) is 49.7 Å². The zero-order valence-electron chi connectivity index (χ0n) is 16.6. The molecule has 0 bridgehead atoms. The molecule has 1 aromatic carbocycles. The van der Waals surface area contributed by atoms with Crippen molar-refractivity contribution in [3.8, 4) is 0 Å². The predicted octanol–water partition coefficient (Wildman–Crippen LogP) is 2.83. The summed E-state index contributed by atoms with van der Waals surface area (Å²) in [4.78, 5) is 37.9. The fourth-order valence-electron chi connectivity index (χ4n) is 2.91. The molecule has 0 atom stereocenters. The lowest BCUT2D eigenvalue weighted by atomic mass is 10.1. The maximum atomic E-state index is 12.8. The van der Waals surface area contributed by atoms with Gasteiger partial charge in [0.2, 0.25) is 5.91 Å². The minimum absolute atomic E-state index is 0.0837. The van der Waals surface area contributed by atoms with Gasteiger partial charge < -0.3 is 19.1 Å². The van der Waals surface area contributed by atoms with Crippen molar-refractivity contribution in [2.24, 2.45) is 0 Å². The van der Waals surface area contributed by atoms with Crippen LogP contribution in [0.25, 0.3) is 0 Å². The number of hydrogen-bond acceptors (Lipinski definition) is 6. The smallest absolute Gasteiger partial charge is 0.416 e. The minimum Gasteiger partial charge on any atom is -0.466 e. The highest BCUT2D eigenvalue weighted by atomic mass is 19.4. The Kier molecular flexibility index (Phi) is 7.99. The first-order chi connectivity index (χ1) is 14.2. The van der Waals surface area contributed by atoms with Gasteiger partial charge in [0.1, 0.15) is 6.42 Å². The highest BCUT2D eigenvalue weighted by Gasteiger charge is 2.31. The van der Waals surface area contributed by atoms with Gasteiger partial charge in [0.25, 0.3) is 0 Å². The number of carbonyl (C=O) groups is 3. The van der Waals surface area contributed by atoms with Gasteiger partial charge in [0.15, 0.2) is 0 Å². The number of hydrogen-bond donors (Lipinski definition) is 0. The van der Waals surface area contributed by atoms with Crippen molar-refractivity contribution in [1.29, 1.82) is 0 Å². The highest BCUT2D eigenvalue weighted by Crippen LogP contribution is 2.30. The van der Waals surface area contributed by atoms with E-state index >= 15 is 0 Å². The summed E-state index contributed by atoms with van der Waals surface area (Å²) in [7, 11) is 1.20. The normalized spacial score (nSPS) is 14.3. The summed E-state index contributed by atoms with van der Waals surface area (Å²) in [6.07, 6.45) is -4.89. The maximum absolute atomic E-state index is 12.8. The van der Waals surface area contributed by atoms with Gasteiger partial charge in [-0.1, -0.05) is 12.1 Å². The van der Waals surface area contributed by atoms with Crippen molar-refractivity contribution in [2.45, 2.75) is 32.5 Å². The third-order valence-electron chi connectivity index (χ3n) is 4.37. The van der Waals surface area contributed by atoms with Gasteiger partial charge in [0.05, 0.1) is 50.3 Å². The second-order valence-electron chi connectivity index (χ2n) is 6.38. The lowest BCUT2D eigenvalue weighted by Gasteiger charge is -2.30. The van der Waals surface area contributed by atoms with Crippen molar-refractivity contribution in [3.05, 3.63) is 46.7 Å². The van der Waals surface area contributed by atoms with E-state index in [1.54, 1.807) is 6.92 Å². The average molecular weight is 429 g/mol. The number of alkyl halides is 3. The van der Waals surface area contributed by atoms with Gasteiger partial charge in [0, 0.05) is 6.42 Å². The zero-order chi connectivity index (χ0) is 22.3. The van der Waals surface area contributed by atoms with E-state index in [9.17, 15) is 27.6 Å². The van der Waals surface area contributed by atoms with Crippen LogP contribution in [0.3, 0.4) is 0 Å². The van der Waals surface area contributed by atoms with E-state index in [-0.39, 0.29) is 44.1 Å². The molecule has 164 valence electrons. The number of ether oxygens (including phenoxy) is 3. The van der Waals surface area contributed by atoms with Crippen molar-refractivity contribution >= 4 is 17.8 Å². The number of halogens is 3. The van der Waals surface area contributed by atoms with Crippen LogP contribution >= 0.6 is 0 Å². The van der Waals surface area contributed by atoms with Crippen LogP contribution in [0, 0.1) is 0 Å². The van der Waals surface area contributed by atoms with E-state index in [2.05, 4.69) is 0 Å². The van der Waals surface area contributed by atoms with E-state index < -0.39 is 36.0 Å². The molecule has 0 radical (unpaired) electrons. The Bertz CT molecular complexity index is 817. The Morgan fingerprint density at radius 1 is 1.17 bits per heavy atom. The zero-order valence-corrected chi connectivity index (χ0v) is 16.6. The van der Waals surface area contributed by atoms with Crippen molar-refractivity contribution in [3.63, 3.8) is 0 Å². The van der Waals surface area contributed by atoms with Crippen LogP contribution < -0.4 is 0 Å². The Morgan fingerprint density at radius 2 is 1.83 bits per heavy atom. The molecule has 0 N–H and O–H groups in total. The lowest BCUT2D eigenvalue weighted by Crippen LogP contribution is -2.37. The molecule has 7 nitrogen and oxygen atoms in total. The van der Waals surface area contributed by atoms with Gasteiger partial charge in [-0.2, -0.15) is 13.2 Å². The molecule has 0 unspecified atom stereocenters. The van der Waals surface area contributed by atoms with E-state index in [0.29, 0.717) is 5.56 Å². The maximum Gasteiger partial charge on any atom is 0.416 e. The Balaban J connectivity index is 2.38. The molecular formula is C20H22F3NO6. The largest absolute Gasteiger partial charge is 0.466 e. The molecule has 0 spiro atoms. The number of benzene rings is 1. The van der Waals surface area contributed by atoms with Crippen LogP contribution in [0.4, 0.5) is 13.2 Å². The molecule has 0 aromatic heterocycles. The summed E-state index contributed by atoms with van der Waals surface area (Å²) in [5.41, 5.74) is -0.0243. The van der Waals surface area contributed by atoms with Gasteiger partial charge in [-0.25, -0.2) is 4.79 Å². The number of esters is 2. The molecule has 1 aliphatic heterocycles. The molecule has 0 saturated carbocycles. The highest BCUT2D eigenvalue weighted by molar-refractivity contribution is 5.96. The van der Waals surface area contributed by atoms with Crippen LogP contribution in [0.5, 0.6) is 0 Å². The summed E-state index contributed by atoms with van der Waals surface area (Å²) in [6.45, 7) is 1.68. The number of carbonyl (C=O) groups excluding carboxylic acids is 3. The molecule has 10 heteroatoms. The van der Waals surface area contributed by atoms with Crippen LogP contribution in [0.15, 0.2) is 35.5 Å². The SMILES string of the molecule is CCOC(=O)CC(=O)N(Cc1ccc(C(F)(F)F)cc1)C1=C(C(=O)OC)CCOC1. The molecule has 0 aliphatic carbocycles. The monoisotopic (exact) mass is 429 g/mol. The fraction of sp³-hybridized carbons (Fsp3) is 0.450. The van der Waals surface area contributed by atoms with Gasteiger partial charge in [-0.3, -0.25) is 9.59 Å². The predicted molar refractivity (Wildman–Crippen MR) is 97.7 cm³/mol.